The molecular formula is C14H21N5O2. The number of hydrogen-bond donors (Lipinski definition) is 1. The van der Waals surface area contributed by atoms with Gasteiger partial charge in [0, 0.05) is 20.8 Å². The number of nitrogens with zero attached hydrogens (tertiary/aromatic N) is 4. The smallest absolute Gasteiger partial charge is 0.170 e. The Morgan fingerprint density at radius 2 is 1.95 bits per heavy atom. The van der Waals surface area contributed by atoms with Crippen LogP contribution in [0.5, 0.6) is 0 Å². The number of tetrazole rings is 1. The van der Waals surface area contributed by atoms with E-state index in [-0.39, 0.29) is 0 Å². The van der Waals surface area contributed by atoms with Crippen molar-refractivity contribution in [2.75, 3.05) is 34.0 Å². The van der Waals surface area contributed by atoms with Crippen molar-refractivity contribution >= 4 is 0 Å². The van der Waals surface area contributed by atoms with E-state index in [0.29, 0.717) is 19.8 Å². The molecule has 0 saturated carbocycles. The number of methoxy groups -OCH3 is 2. The van der Waals surface area contributed by atoms with Gasteiger partial charge < -0.3 is 14.8 Å². The molecule has 114 valence electrons. The minimum absolute atomic E-state index is 0.592. The average Bonchev–Trinajstić information content (AvgIpc) is 2.98. The van der Waals surface area contributed by atoms with Crippen LogP contribution in [-0.2, 0) is 22.4 Å². The van der Waals surface area contributed by atoms with Gasteiger partial charge >= 0.3 is 0 Å². The van der Waals surface area contributed by atoms with E-state index in [1.807, 2.05) is 18.2 Å². The van der Waals surface area contributed by atoms with Crippen molar-refractivity contribution in [2.24, 2.45) is 0 Å². The van der Waals surface area contributed by atoms with E-state index in [1.165, 1.54) is 0 Å². The van der Waals surface area contributed by atoms with Crippen LogP contribution >= 0.6 is 0 Å². The second kappa shape index (κ2) is 8.46. The van der Waals surface area contributed by atoms with Crippen molar-refractivity contribution in [3.05, 3.63) is 35.7 Å². The van der Waals surface area contributed by atoms with Crippen LogP contribution in [-0.4, -0.2) is 54.2 Å². The van der Waals surface area contributed by atoms with Gasteiger partial charge in [0.15, 0.2) is 5.82 Å². The van der Waals surface area contributed by atoms with Gasteiger partial charge in [-0.25, -0.2) is 0 Å². The van der Waals surface area contributed by atoms with E-state index in [9.17, 15) is 0 Å². The highest BCUT2D eigenvalue weighted by atomic mass is 16.5. The first kappa shape index (κ1) is 15.6. The topological polar surface area (TPSA) is 74.1 Å². The Hall–Kier alpha value is -1.83. The fourth-order valence-electron chi connectivity index (χ4n) is 2.02. The molecule has 0 unspecified atom stereocenters. The fraction of sp³-hybridized carbons (Fsp3) is 0.500. The summed E-state index contributed by atoms with van der Waals surface area (Å²) >= 11 is 0. The summed E-state index contributed by atoms with van der Waals surface area (Å²) in [5.41, 5.74) is 2.15. The van der Waals surface area contributed by atoms with E-state index >= 15 is 0 Å². The highest BCUT2D eigenvalue weighted by molar-refractivity contribution is 5.40. The van der Waals surface area contributed by atoms with Crippen LogP contribution in [0.15, 0.2) is 24.3 Å². The summed E-state index contributed by atoms with van der Waals surface area (Å²) in [5, 5.41) is 15.2. The third-order valence-electron chi connectivity index (χ3n) is 3.10. The quantitative estimate of drug-likeness (QED) is 0.682. The van der Waals surface area contributed by atoms with Crippen molar-refractivity contribution < 1.29 is 9.47 Å². The molecule has 0 bridgehead atoms. The minimum Gasteiger partial charge on any atom is -0.384 e. The number of aromatic nitrogens is 4. The van der Waals surface area contributed by atoms with Gasteiger partial charge in [0.05, 0.1) is 25.4 Å². The molecule has 0 radical (unpaired) electrons. The Morgan fingerprint density at radius 1 is 1.14 bits per heavy atom. The van der Waals surface area contributed by atoms with Gasteiger partial charge in [-0.2, -0.15) is 4.68 Å². The zero-order valence-corrected chi connectivity index (χ0v) is 12.5. The molecule has 1 aromatic carbocycles. The summed E-state index contributed by atoms with van der Waals surface area (Å²) in [7, 11) is 3.38. The Labute approximate surface area is 124 Å². The second-order valence-corrected chi connectivity index (χ2v) is 4.55. The van der Waals surface area contributed by atoms with Crippen LogP contribution in [0.4, 0.5) is 0 Å². The van der Waals surface area contributed by atoms with Gasteiger partial charge in [-0.15, -0.1) is 5.10 Å². The molecule has 0 spiro atoms. The summed E-state index contributed by atoms with van der Waals surface area (Å²) < 4.78 is 11.9. The molecule has 1 aromatic heterocycles. The molecule has 7 nitrogen and oxygen atoms in total. The lowest BCUT2D eigenvalue weighted by Gasteiger charge is -2.10. The molecule has 0 aliphatic rings. The maximum Gasteiger partial charge on any atom is 0.170 e. The van der Waals surface area contributed by atoms with Crippen molar-refractivity contribution in [2.45, 2.75) is 13.0 Å². The zero-order chi connectivity index (χ0) is 14.9. The van der Waals surface area contributed by atoms with Gasteiger partial charge in [0.25, 0.3) is 0 Å². The van der Waals surface area contributed by atoms with Crippen molar-refractivity contribution in [3.8, 4) is 5.69 Å². The Kier molecular flexibility index (Phi) is 6.26. The lowest BCUT2D eigenvalue weighted by Crippen LogP contribution is -2.21. The first-order valence-electron chi connectivity index (χ1n) is 6.91. The zero-order valence-electron chi connectivity index (χ0n) is 12.5. The standard InChI is InChI=1S/C14H21N5O2/c1-20-9-7-12-5-3-4-6-13(12)19-14(16-17-18-19)11-15-8-10-21-2/h3-6,15H,7-11H2,1-2H3. The van der Waals surface area contributed by atoms with E-state index in [4.69, 9.17) is 9.47 Å². The van der Waals surface area contributed by atoms with Gasteiger partial charge in [-0.3, -0.25) is 0 Å². The lowest BCUT2D eigenvalue weighted by molar-refractivity contribution is 0.199. The highest BCUT2D eigenvalue weighted by Gasteiger charge is 2.11. The molecule has 21 heavy (non-hydrogen) atoms. The maximum absolute atomic E-state index is 5.15. The number of ether oxygens (including phenoxy) is 2. The van der Waals surface area contributed by atoms with Crippen LogP contribution in [0.1, 0.15) is 11.4 Å². The molecule has 0 aliphatic carbocycles. The summed E-state index contributed by atoms with van der Waals surface area (Å²) in [6, 6.07) is 8.07. The Balaban J connectivity index is 2.13. The van der Waals surface area contributed by atoms with Gasteiger partial charge in [0.2, 0.25) is 0 Å². The van der Waals surface area contributed by atoms with Crippen LogP contribution < -0.4 is 5.32 Å². The number of rotatable bonds is 9. The number of nitrogens with one attached hydrogen (secondary N) is 1. The van der Waals surface area contributed by atoms with Crippen LogP contribution in [0.2, 0.25) is 0 Å². The molecule has 0 atom stereocenters. The van der Waals surface area contributed by atoms with Gasteiger partial charge in [-0.1, -0.05) is 18.2 Å². The van der Waals surface area contributed by atoms with E-state index in [1.54, 1.807) is 18.9 Å². The molecule has 0 fully saturated rings. The molecule has 0 saturated heterocycles. The van der Waals surface area contributed by atoms with E-state index in [2.05, 4.69) is 26.9 Å². The third-order valence-corrected chi connectivity index (χ3v) is 3.10. The SMILES string of the molecule is COCCNCc1nnnn1-c1ccccc1CCOC. The monoisotopic (exact) mass is 291 g/mol. The molecule has 0 amide bonds. The van der Waals surface area contributed by atoms with Crippen LogP contribution in [0, 0.1) is 0 Å². The van der Waals surface area contributed by atoms with Crippen molar-refractivity contribution in [3.63, 3.8) is 0 Å². The molecule has 2 rings (SSSR count). The minimum atomic E-state index is 0.592. The predicted octanol–water partition coefficient (Wildman–Crippen LogP) is 0.587. The van der Waals surface area contributed by atoms with Crippen molar-refractivity contribution in [1.82, 2.24) is 25.5 Å². The Bertz CT molecular complexity index is 544. The first-order chi connectivity index (χ1) is 10.4. The Morgan fingerprint density at radius 3 is 2.76 bits per heavy atom. The lowest BCUT2D eigenvalue weighted by atomic mass is 10.1. The average molecular weight is 291 g/mol. The molecule has 1 N–H and O–H groups in total. The highest BCUT2D eigenvalue weighted by Crippen LogP contribution is 2.15. The van der Waals surface area contributed by atoms with E-state index < -0.39 is 0 Å². The fourth-order valence-corrected chi connectivity index (χ4v) is 2.02. The molecule has 2 aromatic rings. The van der Waals surface area contributed by atoms with Crippen LogP contribution in [0.25, 0.3) is 5.69 Å². The summed E-state index contributed by atoms with van der Waals surface area (Å²) in [6.07, 6.45) is 0.822. The summed E-state index contributed by atoms with van der Waals surface area (Å²) in [6.45, 7) is 2.68. The maximum atomic E-state index is 5.15. The predicted molar refractivity (Wildman–Crippen MR) is 78.3 cm³/mol. The molecule has 0 aliphatic heterocycles. The number of benzene rings is 1. The third kappa shape index (κ3) is 4.32. The van der Waals surface area contributed by atoms with Gasteiger partial charge in [-0.05, 0) is 28.5 Å². The second-order valence-electron chi connectivity index (χ2n) is 4.55. The van der Waals surface area contributed by atoms with Crippen molar-refractivity contribution in [1.29, 1.82) is 0 Å². The number of para-hydroxylation sites is 1. The summed E-state index contributed by atoms with van der Waals surface area (Å²) in [4.78, 5) is 0. The van der Waals surface area contributed by atoms with Gasteiger partial charge in [0.1, 0.15) is 0 Å². The summed E-state index contributed by atoms with van der Waals surface area (Å²) in [5.74, 6) is 0.774. The van der Waals surface area contributed by atoms with Crippen LogP contribution in [0.3, 0.4) is 0 Å². The van der Waals surface area contributed by atoms with E-state index in [0.717, 1.165) is 30.0 Å². The molecule has 1 heterocycles. The largest absolute Gasteiger partial charge is 0.384 e. The molecular weight excluding hydrogens is 270 g/mol. The number of hydrogen-bond acceptors (Lipinski definition) is 6. The first-order valence-corrected chi connectivity index (χ1v) is 6.91. The normalized spacial score (nSPS) is 11.0. The molecule has 7 heteroatoms.